The van der Waals surface area contributed by atoms with Crippen molar-refractivity contribution in [3.8, 4) is 11.5 Å². The Balaban J connectivity index is 1.48. The predicted octanol–water partition coefficient (Wildman–Crippen LogP) is 7.61. The van der Waals surface area contributed by atoms with Crippen molar-refractivity contribution < 1.29 is 9.47 Å². The number of ether oxygens (including phenoxy) is 2. The number of hydrogen-bond donors (Lipinski definition) is 0. The summed E-state index contributed by atoms with van der Waals surface area (Å²) >= 11 is 12.6. The number of rotatable bonds is 8. The van der Waals surface area contributed by atoms with E-state index in [1.807, 2.05) is 55.5 Å². The van der Waals surface area contributed by atoms with Gasteiger partial charge in [-0.05, 0) is 67.3 Å². The van der Waals surface area contributed by atoms with E-state index >= 15 is 0 Å². The number of hydrogen-bond acceptors (Lipinski definition) is 5. The maximum Gasteiger partial charge on any atom is 0.282 e. The van der Waals surface area contributed by atoms with Crippen LogP contribution in [0.1, 0.15) is 61.9 Å². The van der Waals surface area contributed by atoms with E-state index in [2.05, 4.69) is 5.10 Å². The molecule has 38 heavy (non-hydrogen) atoms. The van der Waals surface area contributed by atoms with Crippen LogP contribution in [0.5, 0.6) is 11.5 Å². The number of halogens is 2. The number of para-hydroxylation sites is 1. The lowest BCUT2D eigenvalue weighted by Crippen LogP contribution is -2.25. The van der Waals surface area contributed by atoms with Crippen molar-refractivity contribution >= 4 is 40.3 Å². The molecule has 0 amide bonds. The largest absolute Gasteiger partial charge is 0.490 e. The van der Waals surface area contributed by atoms with E-state index in [-0.39, 0.29) is 11.5 Å². The average Bonchev–Trinajstić information content (AvgIpc) is 2.93. The second-order valence-electron chi connectivity index (χ2n) is 9.36. The summed E-state index contributed by atoms with van der Waals surface area (Å²) in [6.07, 6.45) is 7.09. The molecule has 0 spiro atoms. The van der Waals surface area contributed by atoms with Crippen molar-refractivity contribution in [3.63, 3.8) is 0 Å². The van der Waals surface area contributed by atoms with Crippen LogP contribution in [-0.4, -0.2) is 22.5 Å². The van der Waals surface area contributed by atoms with Gasteiger partial charge in [0, 0.05) is 10.9 Å². The molecule has 0 N–H and O–H groups in total. The minimum absolute atomic E-state index is 0.175. The first-order valence-corrected chi connectivity index (χ1v) is 13.7. The first-order chi connectivity index (χ1) is 18.5. The molecule has 4 aromatic rings. The Kier molecular flexibility index (Phi) is 8.30. The lowest BCUT2D eigenvalue weighted by Gasteiger charge is -2.22. The predicted molar refractivity (Wildman–Crippen MR) is 153 cm³/mol. The van der Waals surface area contributed by atoms with E-state index < -0.39 is 0 Å². The van der Waals surface area contributed by atoms with Crippen LogP contribution in [0.25, 0.3) is 10.9 Å². The number of aromatic nitrogens is 2. The second kappa shape index (κ2) is 12.0. The summed E-state index contributed by atoms with van der Waals surface area (Å²) < 4.78 is 13.3. The van der Waals surface area contributed by atoms with Gasteiger partial charge in [0.25, 0.3) is 5.56 Å². The fourth-order valence-corrected chi connectivity index (χ4v) is 5.20. The van der Waals surface area contributed by atoms with Crippen molar-refractivity contribution in [2.45, 2.75) is 51.6 Å². The number of nitrogens with zero attached hydrogens (tertiary/aromatic N) is 3. The van der Waals surface area contributed by atoms with Gasteiger partial charge in [-0.15, -0.1) is 0 Å². The fourth-order valence-electron chi connectivity index (χ4n) is 4.80. The monoisotopic (exact) mass is 549 g/mol. The molecule has 6 nitrogen and oxygen atoms in total. The standard InChI is InChI=1S/C30H29Cl2N3O3/c1-2-37-27-17-21(16-25(32)28(27)38-19-20-12-14-23(31)15-13-20)18-33-35-29(22-8-4-3-5-9-22)34-26-11-7-6-10-24(26)30(35)36/h6-7,10-18,22H,2-5,8-9,19H2,1H3. The van der Waals surface area contributed by atoms with Crippen LogP contribution in [0.4, 0.5) is 0 Å². The summed E-state index contributed by atoms with van der Waals surface area (Å²) in [4.78, 5) is 18.4. The van der Waals surface area contributed by atoms with Gasteiger partial charge in [0.1, 0.15) is 12.4 Å². The molecule has 0 unspecified atom stereocenters. The summed E-state index contributed by atoms with van der Waals surface area (Å²) in [5.41, 5.74) is 2.17. The molecule has 0 aliphatic heterocycles. The van der Waals surface area contributed by atoms with Crippen molar-refractivity contribution in [2.75, 3.05) is 6.61 Å². The van der Waals surface area contributed by atoms with E-state index in [9.17, 15) is 4.79 Å². The molecule has 1 fully saturated rings. The first kappa shape index (κ1) is 26.3. The van der Waals surface area contributed by atoms with Gasteiger partial charge in [-0.25, -0.2) is 4.98 Å². The third-order valence-electron chi connectivity index (χ3n) is 6.70. The maximum absolute atomic E-state index is 13.5. The van der Waals surface area contributed by atoms with Gasteiger partial charge in [0.15, 0.2) is 11.5 Å². The van der Waals surface area contributed by atoms with E-state index in [1.165, 1.54) is 11.1 Å². The van der Waals surface area contributed by atoms with Gasteiger partial charge in [0.2, 0.25) is 0 Å². The summed E-state index contributed by atoms with van der Waals surface area (Å²) in [5, 5.41) is 6.23. The van der Waals surface area contributed by atoms with Gasteiger partial charge in [-0.3, -0.25) is 4.79 Å². The summed E-state index contributed by atoms with van der Waals surface area (Å²) in [5.74, 6) is 1.87. The Morgan fingerprint density at radius 3 is 2.55 bits per heavy atom. The summed E-state index contributed by atoms with van der Waals surface area (Å²) in [7, 11) is 0. The van der Waals surface area contributed by atoms with Crippen LogP contribution in [-0.2, 0) is 6.61 Å². The quantitative estimate of drug-likeness (QED) is 0.212. The Hall–Kier alpha value is -3.35. The molecule has 3 aromatic carbocycles. The molecule has 0 radical (unpaired) electrons. The highest BCUT2D eigenvalue weighted by atomic mass is 35.5. The summed E-state index contributed by atoms with van der Waals surface area (Å²) in [6.45, 7) is 2.65. The Bertz CT molecular complexity index is 1510. The molecule has 5 rings (SSSR count). The Labute approximate surface area is 231 Å². The Morgan fingerprint density at radius 1 is 1.03 bits per heavy atom. The molecule has 196 valence electrons. The summed E-state index contributed by atoms with van der Waals surface area (Å²) in [6, 6.07) is 18.4. The van der Waals surface area contributed by atoms with E-state index in [0.29, 0.717) is 57.0 Å². The third kappa shape index (κ3) is 5.87. The van der Waals surface area contributed by atoms with Crippen LogP contribution < -0.4 is 15.0 Å². The second-order valence-corrected chi connectivity index (χ2v) is 10.2. The lowest BCUT2D eigenvalue weighted by atomic mass is 9.88. The molecule has 0 saturated heterocycles. The zero-order valence-corrected chi connectivity index (χ0v) is 22.7. The zero-order valence-electron chi connectivity index (χ0n) is 21.2. The SMILES string of the molecule is CCOc1cc(C=Nn2c(C3CCCCC3)nc3ccccc3c2=O)cc(Cl)c1OCc1ccc(Cl)cc1. The van der Waals surface area contributed by atoms with Gasteiger partial charge >= 0.3 is 0 Å². The van der Waals surface area contributed by atoms with E-state index in [4.69, 9.17) is 37.7 Å². The molecule has 8 heteroatoms. The zero-order chi connectivity index (χ0) is 26.5. The van der Waals surface area contributed by atoms with Crippen LogP contribution in [0, 0.1) is 0 Å². The minimum atomic E-state index is -0.175. The normalized spacial score (nSPS) is 14.3. The van der Waals surface area contributed by atoms with Crippen LogP contribution in [0.15, 0.2) is 70.6 Å². The smallest absolute Gasteiger partial charge is 0.282 e. The number of benzene rings is 3. The molecule has 1 heterocycles. The minimum Gasteiger partial charge on any atom is -0.490 e. The van der Waals surface area contributed by atoms with Gasteiger partial charge in [-0.2, -0.15) is 9.78 Å². The van der Waals surface area contributed by atoms with Gasteiger partial charge in [-0.1, -0.05) is 66.7 Å². The highest BCUT2D eigenvalue weighted by Gasteiger charge is 2.22. The maximum atomic E-state index is 13.5. The van der Waals surface area contributed by atoms with E-state index in [1.54, 1.807) is 18.3 Å². The average molecular weight is 550 g/mol. The van der Waals surface area contributed by atoms with Crippen LogP contribution in [0.2, 0.25) is 10.0 Å². The Morgan fingerprint density at radius 2 is 1.79 bits per heavy atom. The molecule has 1 aliphatic carbocycles. The highest BCUT2D eigenvalue weighted by Crippen LogP contribution is 2.37. The molecular formula is C30H29Cl2N3O3. The van der Waals surface area contributed by atoms with Gasteiger partial charge < -0.3 is 9.47 Å². The third-order valence-corrected chi connectivity index (χ3v) is 7.23. The van der Waals surface area contributed by atoms with E-state index in [0.717, 1.165) is 31.2 Å². The van der Waals surface area contributed by atoms with Crippen LogP contribution in [0.3, 0.4) is 0 Å². The van der Waals surface area contributed by atoms with Crippen molar-refractivity contribution in [3.05, 3.63) is 98.0 Å². The molecule has 1 aliphatic rings. The van der Waals surface area contributed by atoms with Crippen LogP contribution >= 0.6 is 23.2 Å². The number of fused-ring (bicyclic) bond motifs is 1. The fraction of sp³-hybridized carbons (Fsp3) is 0.300. The van der Waals surface area contributed by atoms with Crippen molar-refractivity contribution in [2.24, 2.45) is 5.10 Å². The molecular weight excluding hydrogens is 521 g/mol. The topological polar surface area (TPSA) is 65.7 Å². The molecule has 1 saturated carbocycles. The van der Waals surface area contributed by atoms with Gasteiger partial charge in [0.05, 0.1) is 28.7 Å². The molecule has 0 bridgehead atoms. The first-order valence-electron chi connectivity index (χ1n) is 12.9. The molecule has 0 atom stereocenters. The van der Waals surface area contributed by atoms with Crippen molar-refractivity contribution in [1.82, 2.24) is 9.66 Å². The van der Waals surface area contributed by atoms with Crippen molar-refractivity contribution in [1.29, 1.82) is 0 Å². The lowest BCUT2D eigenvalue weighted by molar-refractivity contribution is 0.269. The highest BCUT2D eigenvalue weighted by molar-refractivity contribution is 6.32. The molecule has 1 aromatic heterocycles.